The second-order valence-corrected chi connectivity index (χ2v) is 6.49. The second kappa shape index (κ2) is 5.45. The van der Waals surface area contributed by atoms with Gasteiger partial charge in [0.05, 0.1) is 20.9 Å². The van der Waals surface area contributed by atoms with Gasteiger partial charge < -0.3 is 5.11 Å². The van der Waals surface area contributed by atoms with Crippen molar-refractivity contribution in [2.45, 2.75) is 11.5 Å². The molecule has 0 unspecified atom stereocenters. The molecule has 0 aliphatic heterocycles. The molecular weight excluding hydrogens is 322 g/mol. The van der Waals surface area contributed by atoms with Gasteiger partial charge in [0, 0.05) is 12.1 Å². The fraction of sp³-hybridized carbons (Fsp3) is 0.0714. The van der Waals surface area contributed by atoms with Crippen LogP contribution in [0.2, 0.25) is 0 Å². The minimum absolute atomic E-state index is 0.0577. The highest BCUT2D eigenvalue weighted by molar-refractivity contribution is 7.90. The molecule has 1 N–H and O–H groups in total. The van der Waals surface area contributed by atoms with Crippen LogP contribution in [0.25, 0.3) is 11.0 Å². The molecule has 0 fully saturated rings. The minimum Gasteiger partial charge on any atom is -0.388 e. The molecule has 2 aromatic carbocycles. The van der Waals surface area contributed by atoms with E-state index >= 15 is 0 Å². The number of benzene rings is 2. The van der Waals surface area contributed by atoms with E-state index in [0.717, 1.165) is 10.0 Å². The topological polar surface area (TPSA) is 115 Å². The number of fused-ring (bicyclic) bond motifs is 1. The average Bonchev–Trinajstić information content (AvgIpc) is 2.94. The van der Waals surface area contributed by atoms with Crippen molar-refractivity contribution in [3.63, 3.8) is 0 Å². The Morgan fingerprint density at radius 2 is 1.91 bits per heavy atom. The Morgan fingerprint density at radius 1 is 1.17 bits per heavy atom. The molecule has 23 heavy (non-hydrogen) atoms. The lowest BCUT2D eigenvalue weighted by Gasteiger charge is -2.09. The molecule has 3 aromatic rings. The van der Waals surface area contributed by atoms with Gasteiger partial charge in [-0.2, -0.15) is 0 Å². The van der Waals surface area contributed by atoms with Gasteiger partial charge in [-0.25, -0.2) is 17.4 Å². The summed E-state index contributed by atoms with van der Waals surface area (Å²) >= 11 is 0. The SMILES string of the molecule is O=[N+]([O-])c1cccc(S(=O)(=O)n2c(CO)nc3ccccc32)c1. The Hall–Kier alpha value is -2.78. The van der Waals surface area contributed by atoms with Gasteiger partial charge in [0.15, 0.2) is 0 Å². The lowest BCUT2D eigenvalue weighted by Crippen LogP contribution is -2.16. The summed E-state index contributed by atoms with van der Waals surface area (Å²) < 4.78 is 26.6. The summed E-state index contributed by atoms with van der Waals surface area (Å²) in [5.74, 6) is -0.0577. The molecule has 0 radical (unpaired) electrons. The first kappa shape index (κ1) is 15.1. The van der Waals surface area contributed by atoms with Crippen molar-refractivity contribution in [3.8, 4) is 0 Å². The number of nitro benzene ring substituents is 1. The van der Waals surface area contributed by atoms with Gasteiger partial charge in [-0.15, -0.1) is 0 Å². The van der Waals surface area contributed by atoms with Gasteiger partial charge in [0.2, 0.25) is 0 Å². The maximum atomic E-state index is 12.9. The third-order valence-corrected chi connectivity index (χ3v) is 5.03. The fourth-order valence-corrected chi connectivity index (χ4v) is 3.81. The van der Waals surface area contributed by atoms with Crippen LogP contribution in [0.1, 0.15) is 5.82 Å². The van der Waals surface area contributed by atoms with Crippen molar-refractivity contribution in [3.05, 3.63) is 64.5 Å². The Morgan fingerprint density at radius 3 is 2.61 bits per heavy atom. The molecular formula is C14H11N3O5S. The molecule has 118 valence electrons. The number of aromatic nitrogens is 2. The molecule has 1 aromatic heterocycles. The molecule has 0 saturated heterocycles. The maximum absolute atomic E-state index is 12.9. The number of nitrogens with zero attached hydrogens (tertiary/aromatic N) is 3. The number of non-ortho nitro benzene ring substituents is 1. The largest absolute Gasteiger partial charge is 0.388 e. The van der Waals surface area contributed by atoms with Crippen molar-refractivity contribution in [2.24, 2.45) is 0 Å². The summed E-state index contributed by atoms with van der Waals surface area (Å²) in [6.07, 6.45) is 0. The first-order chi connectivity index (χ1) is 10.9. The molecule has 0 aliphatic carbocycles. The zero-order valence-electron chi connectivity index (χ0n) is 11.7. The second-order valence-electron chi connectivity index (χ2n) is 4.70. The Bertz CT molecular complexity index is 1010. The number of imidazole rings is 1. The van der Waals surface area contributed by atoms with E-state index in [9.17, 15) is 23.6 Å². The molecule has 0 bridgehead atoms. The summed E-state index contributed by atoms with van der Waals surface area (Å²) in [7, 11) is -4.13. The van der Waals surface area contributed by atoms with Crippen LogP contribution in [0.5, 0.6) is 0 Å². The molecule has 0 aliphatic rings. The van der Waals surface area contributed by atoms with Crippen LogP contribution in [0.3, 0.4) is 0 Å². The monoisotopic (exact) mass is 333 g/mol. The summed E-state index contributed by atoms with van der Waals surface area (Å²) in [4.78, 5) is 14.0. The summed E-state index contributed by atoms with van der Waals surface area (Å²) in [6.45, 7) is -0.581. The van der Waals surface area contributed by atoms with E-state index in [-0.39, 0.29) is 16.4 Å². The van der Waals surface area contributed by atoms with Crippen LogP contribution >= 0.6 is 0 Å². The number of para-hydroxylation sites is 2. The van der Waals surface area contributed by atoms with E-state index in [1.54, 1.807) is 24.3 Å². The van der Waals surface area contributed by atoms with E-state index in [0.29, 0.717) is 11.0 Å². The number of nitro groups is 1. The normalized spacial score (nSPS) is 11.7. The molecule has 0 spiro atoms. The van der Waals surface area contributed by atoms with Gasteiger partial charge >= 0.3 is 0 Å². The van der Waals surface area contributed by atoms with Crippen LogP contribution in [0.4, 0.5) is 5.69 Å². The van der Waals surface area contributed by atoms with Gasteiger partial charge in [-0.3, -0.25) is 10.1 Å². The molecule has 0 saturated carbocycles. The number of rotatable bonds is 4. The Labute approximate surface area is 130 Å². The van der Waals surface area contributed by atoms with Crippen molar-refractivity contribution < 1.29 is 18.4 Å². The van der Waals surface area contributed by atoms with Crippen LogP contribution in [-0.4, -0.2) is 27.4 Å². The number of hydrogen-bond acceptors (Lipinski definition) is 6. The lowest BCUT2D eigenvalue weighted by molar-refractivity contribution is -0.385. The minimum atomic E-state index is -4.13. The molecule has 1 heterocycles. The standard InChI is InChI=1S/C14H11N3O5S/c18-9-14-15-12-6-1-2-7-13(12)16(14)23(21,22)11-5-3-4-10(8-11)17(19)20/h1-8,18H,9H2. The third kappa shape index (κ3) is 2.45. The van der Waals surface area contributed by atoms with Gasteiger partial charge in [0.1, 0.15) is 12.4 Å². The van der Waals surface area contributed by atoms with E-state index in [2.05, 4.69) is 4.98 Å². The maximum Gasteiger partial charge on any atom is 0.270 e. The predicted octanol–water partition coefficient (Wildman–Crippen LogP) is 1.67. The first-order valence-electron chi connectivity index (χ1n) is 6.52. The average molecular weight is 333 g/mol. The molecule has 8 nitrogen and oxygen atoms in total. The zero-order valence-corrected chi connectivity index (χ0v) is 12.5. The van der Waals surface area contributed by atoms with Gasteiger partial charge in [-0.1, -0.05) is 18.2 Å². The number of aliphatic hydroxyl groups is 1. The summed E-state index contributed by atoms with van der Waals surface area (Å²) in [5.41, 5.74) is 0.370. The zero-order chi connectivity index (χ0) is 16.6. The van der Waals surface area contributed by atoms with Crippen LogP contribution in [0, 0.1) is 10.1 Å². The van der Waals surface area contributed by atoms with Crippen molar-refractivity contribution in [2.75, 3.05) is 0 Å². The van der Waals surface area contributed by atoms with Crippen molar-refractivity contribution in [1.29, 1.82) is 0 Å². The van der Waals surface area contributed by atoms with E-state index in [4.69, 9.17) is 0 Å². The predicted molar refractivity (Wildman–Crippen MR) is 81.3 cm³/mol. The van der Waals surface area contributed by atoms with E-state index < -0.39 is 21.6 Å². The molecule has 0 amide bonds. The smallest absolute Gasteiger partial charge is 0.270 e. The van der Waals surface area contributed by atoms with Crippen molar-refractivity contribution in [1.82, 2.24) is 8.96 Å². The Kier molecular flexibility index (Phi) is 3.58. The first-order valence-corrected chi connectivity index (χ1v) is 7.96. The quantitative estimate of drug-likeness (QED) is 0.573. The van der Waals surface area contributed by atoms with E-state index in [1.165, 1.54) is 18.2 Å². The molecule has 0 atom stereocenters. The highest BCUT2D eigenvalue weighted by atomic mass is 32.2. The van der Waals surface area contributed by atoms with Gasteiger partial charge in [0.25, 0.3) is 15.7 Å². The lowest BCUT2D eigenvalue weighted by atomic mass is 10.3. The van der Waals surface area contributed by atoms with Crippen LogP contribution < -0.4 is 0 Å². The molecule has 9 heteroatoms. The summed E-state index contributed by atoms with van der Waals surface area (Å²) in [6, 6.07) is 11.3. The van der Waals surface area contributed by atoms with Crippen molar-refractivity contribution >= 4 is 26.7 Å². The van der Waals surface area contributed by atoms with Crippen LogP contribution in [-0.2, 0) is 16.6 Å². The molecule has 3 rings (SSSR count). The Balaban J connectivity index is 2.29. The summed E-state index contributed by atoms with van der Waals surface area (Å²) in [5, 5.41) is 20.3. The van der Waals surface area contributed by atoms with Crippen LogP contribution in [0.15, 0.2) is 53.4 Å². The fourth-order valence-electron chi connectivity index (χ4n) is 2.28. The van der Waals surface area contributed by atoms with E-state index in [1.807, 2.05) is 0 Å². The highest BCUT2D eigenvalue weighted by Crippen LogP contribution is 2.25. The number of hydrogen-bond donors (Lipinski definition) is 1. The third-order valence-electron chi connectivity index (χ3n) is 3.29. The number of aliphatic hydroxyl groups excluding tert-OH is 1. The van der Waals surface area contributed by atoms with Gasteiger partial charge in [-0.05, 0) is 18.2 Å². The highest BCUT2D eigenvalue weighted by Gasteiger charge is 2.25.